The summed E-state index contributed by atoms with van der Waals surface area (Å²) in [5.74, 6) is -0.687. The first kappa shape index (κ1) is 18.6. The van der Waals surface area contributed by atoms with Crippen LogP contribution in [-0.4, -0.2) is 38.7 Å². The van der Waals surface area contributed by atoms with Crippen LogP contribution in [0.25, 0.3) is 5.69 Å². The maximum atomic E-state index is 12.3. The minimum absolute atomic E-state index is 0.111. The molecule has 0 fully saturated rings. The van der Waals surface area contributed by atoms with E-state index in [2.05, 4.69) is 10.3 Å². The minimum atomic E-state index is -0.288. The van der Waals surface area contributed by atoms with Crippen molar-refractivity contribution in [3.8, 4) is 5.69 Å². The summed E-state index contributed by atoms with van der Waals surface area (Å²) in [6, 6.07) is 14.6. The summed E-state index contributed by atoms with van der Waals surface area (Å²) in [4.78, 5) is 42.0. The molecule has 0 saturated carbocycles. The second-order valence-electron chi connectivity index (χ2n) is 6.82. The molecule has 0 spiro atoms. The van der Waals surface area contributed by atoms with Crippen LogP contribution in [0.15, 0.2) is 67.3 Å². The predicted octanol–water partition coefficient (Wildman–Crippen LogP) is 2.56. The molecule has 7 heteroatoms. The molecule has 146 valence electrons. The van der Waals surface area contributed by atoms with Crippen molar-refractivity contribution in [3.63, 3.8) is 0 Å². The number of amides is 3. The van der Waals surface area contributed by atoms with E-state index in [0.717, 1.165) is 11.3 Å². The van der Waals surface area contributed by atoms with E-state index in [1.807, 2.05) is 35.0 Å². The van der Waals surface area contributed by atoms with Gasteiger partial charge in [-0.1, -0.05) is 24.3 Å². The standard InChI is InChI=1S/C22H20N4O3/c27-20(24-14-16-7-9-17(10-8-16)25-13-11-23-15-25)6-3-12-26-21(28)18-4-1-2-5-19(18)22(26)29/h1-2,4-5,7-11,13,15H,3,6,12,14H2,(H,24,27). The smallest absolute Gasteiger partial charge is 0.261 e. The van der Waals surface area contributed by atoms with Gasteiger partial charge in [-0.25, -0.2) is 4.98 Å². The summed E-state index contributed by atoms with van der Waals surface area (Å²) < 4.78 is 1.90. The van der Waals surface area contributed by atoms with Crippen molar-refractivity contribution < 1.29 is 14.4 Å². The SMILES string of the molecule is O=C(CCCN1C(=O)c2ccccc2C1=O)NCc1ccc(-n2ccnc2)cc1. The average Bonchev–Trinajstić information content (AvgIpc) is 3.36. The molecule has 29 heavy (non-hydrogen) atoms. The Morgan fingerprint density at radius 2 is 1.66 bits per heavy atom. The highest BCUT2D eigenvalue weighted by atomic mass is 16.2. The van der Waals surface area contributed by atoms with E-state index in [9.17, 15) is 14.4 Å². The number of imide groups is 1. The van der Waals surface area contributed by atoms with Gasteiger partial charge in [-0.15, -0.1) is 0 Å². The van der Waals surface area contributed by atoms with Gasteiger partial charge in [-0.2, -0.15) is 0 Å². The highest BCUT2D eigenvalue weighted by Crippen LogP contribution is 2.22. The third-order valence-corrected chi connectivity index (χ3v) is 4.89. The summed E-state index contributed by atoms with van der Waals surface area (Å²) in [6.45, 7) is 0.662. The fourth-order valence-electron chi connectivity index (χ4n) is 3.33. The number of hydrogen-bond donors (Lipinski definition) is 1. The highest BCUT2D eigenvalue weighted by molar-refractivity contribution is 6.21. The third kappa shape index (κ3) is 3.94. The minimum Gasteiger partial charge on any atom is -0.352 e. The average molecular weight is 388 g/mol. The normalized spacial score (nSPS) is 12.9. The lowest BCUT2D eigenvalue weighted by atomic mass is 10.1. The van der Waals surface area contributed by atoms with Gasteiger partial charge in [0.2, 0.25) is 5.91 Å². The molecular weight excluding hydrogens is 368 g/mol. The maximum absolute atomic E-state index is 12.3. The molecule has 0 bridgehead atoms. The van der Waals surface area contributed by atoms with E-state index in [1.165, 1.54) is 4.90 Å². The Balaban J connectivity index is 1.23. The van der Waals surface area contributed by atoms with E-state index in [0.29, 0.717) is 24.1 Å². The van der Waals surface area contributed by atoms with Crippen molar-refractivity contribution in [3.05, 3.63) is 83.9 Å². The molecule has 0 aliphatic carbocycles. The van der Waals surface area contributed by atoms with Crippen molar-refractivity contribution in [1.29, 1.82) is 0 Å². The number of rotatable bonds is 7. The summed E-state index contributed by atoms with van der Waals surface area (Å²) >= 11 is 0. The maximum Gasteiger partial charge on any atom is 0.261 e. The summed E-state index contributed by atoms with van der Waals surface area (Å²) in [5.41, 5.74) is 2.85. The van der Waals surface area contributed by atoms with Gasteiger partial charge in [0.25, 0.3) is 11.8 Å². The zero-order valence-corrected chi connectivity index (χ0v) is 15.7. The van der Waals surface area contributed by atoms with E-state index >= 15 is 0 Å². The molecule has 0 radical (unpaired) electrons. The molecule has 1 aliphatic heterocycles. The van der Waals surface area contributed by atoms with Crippen molar-refractivity contribution in [2.75, 3.05) is 6.54 Å². The van der Waals surface area contributed by atoms with Crippen LogP contribution >= 0.6 is 0 Å². The van der Waals surface area contributed by atoms with E-state index in [4.69, 9.17) is 0 Å². The molecule has 3 amide bonds. The number of fused-ring (bicyclic) bond motifs is 1. The van der Waals surface area contributed by atoms with Crippen LogP contribution < -0.4 is 5.32 Å². The van der Waals surface area contributed by atoms with E-state index in [1.54, 1.807) is 36.8 Å². The van der Waals surface area contributed by atoms with E-state index in [-0.39, 0.29) is 30.7 Å². The van der Waals surface area contributed by atoms with Gasteiger partial charge >= 0.3 is 0 Å². The molecule has 2 aromatic carbocycles. The van der Waals surface area contributed by atoms with Gasteiger partial charge in [-0.05, 0) is 36.2 Å². The fraction of sp³-hybridized carbons (Fsp3) is 0.182. The Kier molecular flexibility index (Phi) is 5.20. The van der Waals surface area contributed by atoms with Gasteiger partial charge in [0, 0.05) is 37.6 Å². The monoisotopic (exact) mass is 388 g/mol. The number of carbonyl (C=O) groups is 3. The summed E-state index contributed by atoms with van der Waals surface area (Å²) in [7, 11) is 0. The first-order valence-corrected chi connectivity index (χ1v) is 9.42. The number of benzene rings is 2. The van der Waals surface area contributed by atoms with Gasteiger partial charge in [0.1, 0.15) is 0 Å². The molecule has 3 aromatic rings. The van der Waals surface area contributed by atoms with Crippen molar-refractivity contribution in [1.82, 2.24) is 19.8 Å². The predicted molar refractivity (Wildman–Crippen MR) is 106 cm³/mol. The van der Waals surface area contributed by atoms with Crippen LogP contribution in [0.4, 0.5) is 0 Å². The number of aromatic nitrogens is 2. The van der Waals surface area contributed by atoms with Crippen LogP contribution in [0.2, 0.25) is 0 Å². The molecule has 1 N–H and O–H groups in total. The van der Waals surface area contributed by atoms with Crippen molar-refractivity contribution >= 4 is 17.7 Å². The van der Waals surface area contributed by atoms with E-state index < -0.39 is 0 Å². The first-order valence-electron chi connectivity index (χ1n) is 9.42. The molecule has 7 nitrogen and oxygen atoms in total. The highest BCUT2D eigenvalue weighted by Gasteiger charge is 2.34. The zero-order chi connectivity index (χ0) is 20.2. The molecule has 1 aliphatic rings. The van der Waals surface area contributed by atoms with Crippen molar-refractivity contribution in [2.24, 2.45) is 0 Å². The largest absolute Gasteiger partial charge is 0.352 e. The van der Waals surface area contributed by atoms with Gasteiger partial charge in [-0.3, -0.25) is 19.3 Å². The second kappa shape index (κ2) is 8.10. The Hall–Kier alpha value is -3.74. The molecule has 0 saturated heterocycles. The number of hydrogen-bond acceptors (Lipinski definition) is 4. The Bertz CT molecular complexity index is 1010. The van der Waals surface area contributed by atoms with Crippen LogP contribution in [0.5, 0.6) is 0 Å². The molecule has 0 unspecified atom stereocenters. The fourth-order valence-corrected chi connectivity index (χ4v) is 3.33. The van der Waals surface area contributed by atoms with Crippen LogP contribution in [0.3, 0.4) is 0 Å². The Morgan fingerprint density at radius 3 is 2.28 bits per heavy atom. The summed E-state index contributed by atoms with van der Waals surface area (Å²) in [6.07, 6.45) is 5.99. The van der Waals surface area contributed by atoms with Gasteiger partial charge in [0.15, 0.2) is 0 Å². The van der Waals surface area contributed by atoms with Crippen LogP contribution in [0, 0.1) is 0 Å². The third-order valence-electron chi connectivity index (χ3n) is 4.89. The quantitative estimate of drug-likeness (QED) is 0.631. The van der Waals surface area contributed by atoms with Crippen LogP contribution in [-0.2, 0) is 11.3 Å². The van der Waals surface area contributed by atoms with Gasteiger partial charge in [0.05, 0.1) is 17.5 Å². The number of carbonyl (C=O) groups excluding carboxylic acids is 3. The molecular formula is C22H20N4O3. The number of nitrogens with one attached hydrogen (secondary N) is 1. The zero-order valence-electron chi connectivity index (χ0n) is 15.7. The van der Waals surface area contributed by atoms with Crippen molar-refractivity contribution in [2.45, 2.75) is 19.4 Å². The molecule has 0 atom stereocenters. The Morgan fingerprint density at radius 1 is 0.966 bits per heavy atom. The molecule has 2 heterocycles. The molecule has 4 rings (SSSR count). The molecule has 1 aromatic heterocycles. The lowest BCUT2D eigenvalue weighted by Gasteiger charge is -2.13. The Labute approximate surface area is 168 Å². The number of imidazole rings is 1. The number of nitrogens with zero attached hydrogens (tertiary/aromatic N) is 3. The lowest BCUT2D eigenvalue weighted by molar-refractivity contribution is -0.121. The second-order valence-corrected chi connectivity index (χ2v) is 6.82. The van der Waals surface area contributed by atoms with Gasteiger partial charge < -0.3 is 9.88 Å². The van der Waals surface area contributed by atoms with Crippen LogP contribution in [0.1, 0.15) is 39.1 Å². The lowest BCUT2D eigenvalue weighted by Crippen LogP contribution is -2.32. The topological polar surface area (TPSA) is 84.3 Å². The first-order chi connectivity index (χ1) is 14.1. The summed E-state index contributed by atoms with van der Waals surface area (Å²) in [5, 5.41) is 2.87.